The lowest BCUT2D eigenvalue weighted by Crippen LogP contribution is -2.12. The third kappa shape index (κ3) is 2.72. The van der Waals surface area contributed by atoms with Gasteiger partial charge in [-0.3, -0.25) is 4.79 Å². The lowest BCUT2D eigenvalue weighted by atomic mass is 10.1. The van der Waals surface area contributed by atoms with E-state index in [2.05, 4.69) is 0 Å². The Labute approximate surface area is 118 Å². The van der Waals surface area contributed by atoms with Crippen molar-refractivity contribution in [2.45, 2.75) is 13.8 Å². The maximum Gasteiger partial charge on any atom is 0.202 e. The van der Waals surface area contributed by atoms with Gasteiger partial charge in [-0.05, 0) is 38.1 Å². The molecule has 4 heteroatoms. The molecule has 1 aromatic carbocycles. The van der Waals surface area contributed by atoms with Crippen LogP contribution in [0, 0.1) is 25.2 Å². The molecule has 1 heterocycles. The molecule has 0 spiro atoms. The van der Waals surface area contributed by atoms with Gasteiger partial charge in [0.05, 0.1) is 11.6 Å². The van der Waals surface area contributed by atoms with Crippen molar-refractivity contribution < 1.29 is 9.53 Å². The summed E-state index contributed by atoms with van der Waals surface area (Å²) in [6, 6.07) is 10.7. The SMILES string of the molecule is Cc1cc(C(=O)COc2cccc(C#N)c2)c(C)n1C. The van der Waals surface area contributed by atoms with Crippen LogP contribution in [-0.2, 0) is 7.05 Å². The minimum atomic E-state index is -0.0615. The summed E-state index contributed by atoms with van der Waals surface area (Å²) in [5.74, 6) is 0.469. The van der Waals surface area contributed by atoms with Crippen LogP contribution in [0.2, 0.25) is 0 Å². The topological polar surface area (TPSA) is 55.0 Å². The molecule has 1 aromatic heterocycles. The molecular weight excluding hydrogens is 252 g/mol. The third-order valence-electron chi connectivity index (χ3n) is 3.41. The van der Waals surface area contributed by atoms with E-state index in [4.69, 9.17) is 10.00 Å². The van der Waals surface area contributed by atoms with Crippen LogP contribution in [0.4, 0.5) is 0 Å². The molecule has 0 amide bonds. The summed E-state index contributed by atoms with van der Waals surface area (Å²) in [4.78, 5) is 12.2. The zero-order valence-corrected chi connectivity index (χ0v) is 11.8. The van der Waals surface area contributed by atoms with E-state index < -0.39 is 0 Å². The summed E-state index contributed by atoms with van der Waals surface area (Å²) < 4.78 is 7.43. The molecule has 0 bridgehead atoms. The van der Waals surface area contributed by atoms with Gasteiger partial charge in [0.1, 0.15) is 5.75 Å². The number of carbonyl (C=O) groups is 1. The van der Waals surface area contributed by atoms with Crippen molar-refractivity contribution in [2.24, 2.45) is 7.05 Å². The number of nitriles is 1. The molecule has 0 atom stereocenters. The van der Waals surface area contributed by atoms with Crippen molar-refractivity contribution in [3.05, 3.63) is 52.8 Å². The average Bonchev–Trinajstić information content (AvgIpc) is 2.72. The molecule has 0 aliphatic carbocycles. The van der Waals surface area contributed by atoms with Crippen molar-refractivity contribution in [3.8, 4) is 11.8 Å². The molecule has 0 saturated carbocycles. The molecule has 20 heavy (non-hydrogen) atoms. The number of hydrogen-bond acceptors (Lipinski definition) is 3. The molecule has 0 aliphatic heterocycles. The smallest absolute Gasteiger partial charge is 0.202 e. The van der Waals surface area contributed by atoms with Crippen LogP contribution in [0.5, 0.6) is 5.75 Å². The van der Waals surface area contributed by atoms with E-state index in [1.54, 1.807) is 24.3 Å². The summed E-state index contributed by atoms with van der Waals surface area (Å²) in [6.07, 6.45) is 0. The predicted octanol–water partition coefficient (Wildman–Crippen LogP) is 2.78. The summed E-state index contributed by atoms with van der Waals surface area (Å²) >= 11 is 0. The van der Waals surface area contributed by atoms with Crippen molar-refractivity contribution in [2.75, 3.05) is 6.61 Å². The minimum Gasteiger partial charge on any atom is -0.485 e. The monoisotopic (exact) mass is 268 g/mol. The predicted molar refractivity (Wildman–Crippen MR) is 75.9 cm³/mol. The number of Topliss-reactive ketones (excluding diaryl/α,β-unsaturated/α-hetero) is 1. The van der Waals surface area contributed by atoms with Gasteiger partial charge in [0.2, 0.25) is 5.78 Å². The Kier molecular flexibility index (Phi) is 3.90. The maximum atomic E-state index is 12.2. The molecule has 0 aliphatic rings. The molecular formula is C16H16N2O2. The van der Waals surface area contributed by atoms with E-state index in [-0.39, 0.29) is 12.4 Å². The number of nitrogens with zero attached hydrogens (tertiary/aromatic N) is 2. The first kappa shape index (κ1) is 13.9. The van der Waals surface area contributed by atoms with Crippen LogP contribution in [0.3, 0.4) is 0 Å². The van der Waals surface area contributed by atoms with Crippen molar-refractivity contribution in [1.82, 2.24) is 4.57 Å². The summed E-state index contributed by atoms with van der Waals surface area (Å²) in [6.45, 7) is 3.84. The van der Waals surface area contributed by atoms with Crippen LogP contribution < -0.4 is 4.74 Å². The molecule has 0 unspecified atom stereocenters. The van der Waals surface area contributed by atoms with Gasteiger partial charge in [0, 0.05) is 24.0 Å². The fourth-order valence-electron chi connectivity index (χ4n) is 2.02. The lowest BCUT2D eigenvalue weighted by molar-refractivity contribution is 0.0921. The fourth-order valence-corrected chi connectivity index (χ4v) is 2.02. The van der Waals surface area contributed by atoms with E-state index in [1.165, 1.54) is 0 Å². The summed E-state index contributed by atoms with van der Waals surface area (Å²) in [5, 5.41) is 8.81. The van der Waals surface area contributed by atoms with Crippen LogP contribution in [0.15, 0.2) is 30.3 Å². The molecule has 0 radical (unpaired) electrons. The Morgan fingerprint density at radius 3 is 2.70 bits per heavy atom. The summed E-state index contributed by atoms with van der Waals surface area (Å²) in [7, 11) is 1.93. The summed E-state index contributed by atoms with van der Waals surface area (Å²) in [5.41, 5.74) is 3.17. The number of aromatic nitrogens is 1. The highest BCUT2D eigenvalue weighted by molar-refractivity contribution is 5.98. The molecule has 0 saturated heterocycles. The van der Waals surface area contributed by atoms with Crippen molar-refractivity contribution in [1.29, 1.82) is 5.26 Å². The van der Waals surface area contributed by atoms with Crippen LogP contribution in [0.1, 0.15) is 27.3 Å². The van der Waals surface area contributed by atoms with Gasteiger partial charge < -0.3 is 9.30 Å². The van der Waals surface area contributed by atoms with E-state index >= 15 is 0 Å². The number of aryl methyl sites for hydroxylation is 1. The van der Waals surface area contributed by atoms with Gasteiger partial charge in [-0.2, -0.15) is 5.26 Å². The highest BCUT2D eigenvalue weighted by Crippen LogP contribution is 2.16. The average molecular weight is 268 g/mol. The lowest BCUT2D eigenvalue weighted by Gasteiger charge is -2.06. The Balaban J connectivity index is 2.09. The van der Waals surface area contributed by atoms with Gasteiger partial charge in [-0.1, -0.05) is 6.07 Å². The molecule has 0 N–H and O–H groups in total. The van der Waals surface area contributed by atoms with E-state index in [1.807, 2.05) is 37.6 Å². The van der Waals surface area contributed by atoms with Crippen LogP contribution >= 0.6 is 0 Å². The number of carbonyl (C=O) groups excluding carboxylic acids is 1. The molecule has 2 aromatic rings. The molecule has 0 fully saturated rings. The van der Waals surface area contributed by atoms with Crippen LogP contribution in [-0.4, -0.2) is 17.0 Å². The molecule has 2 rings (SSSR count). The minimum absolute atomic E-state index is 0.0286. The van der Waals surface area contributed by atoms with Crippen LogP contribution in [0.25, 0.3) is 0 Å². The fraction of sp³-hybridized carbons (Fsp3) is 0.250. The van der Waals surface area contributed by atoms with Gasteiger partial charge in [0.15, 0.2) is 6.61 Å². The zero-order valence-electron chi connectivity index (χ0n) is 11.8. The number of hydrogen-bond donors (Lipinski definition) is 0. The van der Waals surface area contributed by atoms with Gasteiger partial charge >= 0.3 is 0 Å². The van der Waals surface area contributed by atoms with Gasteiger partial charge in [-0.25, -0.2) is 0 Å². The highest BCUT2D eigenvalue weighted by atomic mass is 16.5. The maximum absolute atomic E-state index is 12.2. The Hall–Kier alpha value is -2.54. The van der Waals surface area contributed by atoms with Crippen molar-refractivity contribution in [3.63, 3.8) is 0 Å². The second-order valence-electron chi connectivity index (χ2n) is 4.70. The standard InChI is InChI=1S/C16H16N2O2/c1-11-7-15(12(2)18(11)3)16(19)10-20-14-6-4-5-13(8-14)9-17/h4-8H,10H2,1-3H3. The third-order valence-corrected chi connectivity index (χ3v) is 3.41. The molecule has 4 nitrogen and oxygen atoms in total. The first-order valence-electron chi connectivity index (χ1n) is 6.32. The first-order valence-corrected chi connectivity index (χ1v) is 6.32. The zero-order chi connectivity index (χ0) is 14.7. The highest BCUT2D eigenvalue weighted by Gasteiger charge is 2.14. The largest absolute Gasteiger partial charge is 0.485 e. The van der Waals surface area contributed by atoms with Crippen molar-refractivity contribution >= 4 is 5.78 Å². The Bertz CT molecular complexity index is 693. The second kappa shape index (κ2) is 5.62. The van der Waals surface area contributed by atoms with E-state index in [0.717, 1.165) is 11.4 Å². The first-order chi connectivity index (χ1) is 9.52. The molecule has 102 valence electrons. The van der Waals surface area contributed by atoms with Gasteiger partial charge in [0.25, 0.3) is 0 Å². The van der Waals surface area contributed by atoms with E-state index in [0.29, 0.717) is 16.9 Å². The number of ether oxygens (including phenoxy) is 1. The number of rotatable bonds is 4. The van der Waals surface area contributed by atoms with Gasteiger partial charge in [-0.15, -0.1) is 0 Å². The normalized spacial score (nSPS) is 10.1. The Morgan fingerprint density at radius 2 is 2.10 bits per heavy atom. The number of ketones is 1. The van der Waals surface area contributed by atoms with E-state index in [9.17, 15) is 4.79 Å². The number of benzene rings is 1. The quantitative estimate of drug-likeness (QED) is 0.801. The second-order valence-corrected chi connectivity index (χ2v) is 4.70. The Morgan fingerprint density at radius 1 is 1.35 bits per heavy atom.